The third-order valence-corrected chi connectivity index (χ3v) is 13.7. The van der Waals surface area contributed by atoms with Crippen molar-refractivity contribution in [1.82, 2.24) is 30.4 Å². The molecule has 1 unspecified atom stereocenters. The Morgan fingerprint density at radius 1 is 0.910 bits per heavy atom. The summed E-state index contributed by atoms with van der Waals surface area (Å²) in [5.41, 5.74) is 2.01. The summed E-state index contributed by atoms with van der Waals surface area (Å²) < 4.78 is 41.8. The van der Waals surface area contributed by atoms with Gasteiger partial charge in [0.05, 0.1) is 48.5 Å². The van der Waals surface area contributed by atoms with Crippen LogP contribution in [0.3, 0.4) is 0 Å². The van der Waals surface area contributed by atoms with Gasteiger partial charge in [-0.2, -0.15) is 13.8 Å². The van der Waals surface area contributed by atoms with E-state index in [2.05, 4.69) is 25.9 Å². The Bertz CT molecular complexity index is 2500. The highest BCUT2D eigenvalue weighted by molar-refractivity contribution is 6.25. The first-order chi connectivity index (χ1) is 32.2. The number of rotatable bonds is 11. The average molecular weight is 927 g/mol. The highest BCUT2D eigenvalue weighted by Crippen LogP contribution is 2.41. The number of imide groups is 2. The number of ether oxygens (including phenoxy) is 2. The Balaban J connectivity index is 0.745. The fourth-order valence-electron chi connectivity index (χ4n) is 10.0. The van der Waals surface area contributed by atoms with Crippen LogP contribution in [0.25, 0.3) is 0 Å². The van der Waals surface area contributed by atoms with E-state index in [4.69, 9.17) is 9.47 Å². The van der Waals surface area contributed by atoms with Gasteiger partial charge in [0.15, 0.2) is 5.82 Å². The third kappa shape index (κ3) is 8.95. The fourth-order valence-corrected chi connectivity index (χ4v) is 10.0. The second-order valence-electron chi connectivity index (χ2n) is 17.9. The van der Waals surface area contributed by atoms with E-state index in [-0.39, 0.29) is 78.0 Å². The maximum Gasteiger partial charge on any atom is 0.342 e. The van der Waals surface area contributed by atoms with Crippen LogP contribution < -0.4 is 35.4 Å². The fraction of sp³-hybridized carbons (Fsp3) is 0.500. The van der Waals surface area contributed by atoms with Crippen LogP contribution in [0.5, 0.6) is 5.75 Å². The number of hydrogen-bond donors (Lipinski definition) is 3. The highest BCUT2D eigenvalue weighted by atomic mass is 19.3. The van der Waals surface area contributed by atoms with Crippen molar-refractivity contribution in [3.63, 3.8) is 0 Å². The number of methoxy groups -OCH3 is 1. The summed E-state index contributed by atoms with van der Waals surface area (Å²) in [5, 5.41) is 8.37. The lowest BCUT2D eigenvalue weighted by Gasteiger charge is -2.35. The average Bonchev–Trinajstić information content (AvgIpc) is 3.94. The van der Waals surface area contributed by atoms with Gasteiger partial charge in [-0.1, -0.05) is 18.9 Å². The number of nitrogens with zero attached hydrogens (tertiary/aromatic N) is 7. The van der Waals surface area contributed by atoms with E-state index in [1.165, 1.54) is 25.3 Å². The van der Waals surface area contributed by atoms with Crippen molar-refractivity contribution in [2.75, 3.05) is 73.5 Å². The number of piperidine rings is 3. The van der Waals surface area contributed by atoms with Gasteiger partial charge in [-0.3, -0.25) is 43.8 Å². The van der Waals surface area contributed by atoms with Crippen molar-refractivity contribution in [2.45, 2.75) is 94.4 Å². The van der Waals surface area contributed by atoms with Gasteiger partial charge in [-0.15, -0.1) is 0 Å². The number of carbonyl (C=O) groups excluding carboxylic acids is 7. The standard InChI is InChI=1S/C46H52F2N10O9/c1-54-34-23-49-45(53-39(34)57(28-6-3-4-7-28)25-46(47,48)44(54)65)51-31-11-10-26(22-35(31)66-2)40(61)50-27-14-18-56(19-15-27)37(60)24-67-29-16-20-55(21-17-29)32-9-5-8-30-38(32)43(64)58(42(30)63)33-12-13-36(59)52-41(33)62/h5,8-11,22-23,27-29,33H,3-4,6-7,12-21,24-25H2,1-2H3,(H,50,61)(H,49,51,53)(H,52,59,62). The van der Waals surface area contributed by atoms with E-state index in [0.29, 0.717) is 87.4 Å². The molecule has 21 heteroatoms. The van der Waals surface area contributed by atoms with Crippen LogP contribution in [0.1, 0.15) is 95.3 Å². The summed E-state index contributed by atoms with van der Waals surface area (Å²) >= 11 is 0. The Morgan fingerprint density at radius 3 is 2.37 bits per heavy atom. The first kappa shape index (κ1) is 45.4. The summed E-state index contributed by atoms with van der Waals surface area (Å²) in [6, 6.07) is 8.46. The minimum atomic E-state index is -3.60. The molecule has 0 bridgehead atoms. The number of hydrogen-bond acceptors (Lipinski definition) is 14. The van der Waals surface area contributed by atoms with E-state index in [1.807, 2.05) is 4.90 Å². The lowest BCUT2D eigenvalue weighted by molar-refractivity contribution is -0.140. The molecule has 1 aliphatic carbocycles. The summed E-state index contributed by atoms with van der Waals surface area (Å²) in [4.78, 5) is 107. The molecule has 9 rings (SSSR count). The number of carbonyl (C=O) groups is 7. The lowest BCUT2D eigenvalue weighted by Crippen LogP contribution is -2.54. The number of benzene rings is 2. The van der Waals surface area contributed by atoms with Gasteiger partial charge < -0.3 is 39.7 Å². The largest absolute Gasteiger partial charge is 0.495 e. The minimum Gasteiger partial charge on any atom is -0.495 e. The molecule has 354 valence electrons. The highest BCUT2D eigenvalue weighted by Gasteiger charge is 2.49. The number of likely N-dealkylation sites (tertiary alicyclic amines) is 1. The number of anilines is 5. The Hall–Kier alpha value is -6.77. The minimum absolute atomic E-state index is 0.0379. The summed E-state index contributed by atoms with van der Waals surface area (Å²) in [7, 11) is 2.75. The van der Waals surface area contributed by atoms with Gasteiger partial charge in [0, 0.05) is 57.3 Å². The smallest absolute Gasteiger partial charge is 0.342 e. The van der Waals surface area contributed by atoms with E-state index >= 15 is 8.78 Å². The zero-order valence-corrected chi connectivity index (χ0v) is 37.2. The predicted octanol–water partition coefficient (Wildman–Crippen LogP) is 3.40. The zero-order valence-electron chi connectivity index (χ0n) is 37.2. The van der Waals surface area contributed by atoms with Crippen molar-refractivity contribution in [3.05, 3.63) is 59.3 Å². The van der Waals surface area contributed by atoms with Gasteiger partial charge in [0.25, 0.3) is 23.6 Å². The maximum absolute atomic E-state index is 15.1. The molecule has 5 aliphatic heterocycles. The molecule has 7 amide bonds. The molecule has 67 heavy (non-hydrogen) atoms. The van der Waals surface area contributed by atoms with Crippen molar-refractivity contribution in [3.8, 4) is 5.75 Å². The van der Waals surface area contributed by atoms with Gasteiger partial charge in [-0.25, -0.2) is 4.98 Å². The number of fused-ring (bicyclic) bond motifs is 2. The second-order valence-corrected chi connectivity index (χ2v) is 17.9. The molecule has 3 N–H and O–H groups in total. The quantitative estimate of drug-likeness (QED) is 0.235. The first-order valence-electron chi connectivity index (χ1n) is 22.7. The monoisotopic (exact) mass is 926 g/mol. The molecule has 6 heterocycles. The maximum atomic E-state index is 15.1. The van der Waals surface area contributed by atoms with Crippen LogP contribution in [-0.4, -0.2) is 145 Å². The summed E-state index contributed by atoms with van der Waals surface area (Å²) in [5.74, 6) is -6.95. The van der Waals surface area contributed by atoms with Crippen molar-refractivity contribution in [1.29, 1.82) is 0 Å². The summed E-state index contributed by atoms with van der Waals surface area (Å²) in [6.45, 7) is 1.01. The van der Waals surface area contributed by atoms with Crippen LogP contribution in [0.4, 0.5) is 37.6 Å². The normalized spacial score (nSPS) is 21.6. The number of nitrogens with one attached hydrogen (secondary N) is 3. The predicted molar refractivity (Wildman–Crippen MR) is 238 cm³/mol. The number of halogens is 2. The Labute approximate surface area is 384 Å². The number of alkyl halides is 2. The molecule has 19 nitrogen and oxygen atoms in total. The van der Waals surface area contributed by atoms with Crippen molar-refractivity contribution < 1.29 is 51.8 Å². The molecule has 3 aromatic rings. The van der Waals surface area contributed by atoms with Crippen LogP contribution >= 0.6 is 0 Å². The molecule has 1 saturated carbocycles. The second kappa shape index (κ2) is 18.5. The van der Waals surface area contributed by atoms with Crippen molar-refractivity contribution >= 4 is 70.2 Å². The topological polar surface area (TPSA) is 216 Å². The molecule has 4 fully saturated rings. The molecule has 6 aliphatic rings. The van der Waals surface area contributed by atoms with Gasteiger partial charge in [0.2, 0.25) is 23.7 Å². The van der Waals surface area contributed by atoms with Gasteiger partial charge in [-0.05, 0) is 75.3 Å². The zero-order chi connectivity index (χ0) is 47.1. The lowest BCUT2D eigenvalue weighted by atomic mass is 10.0. The Kier molecular flexibility index (Phi) is 12.5. The van der Waals surface area contributed by atoms with Crippen LogP contribution in [-0.2, 0) is 23.9 Å². The van der Waals surface area contributed by atoms with E-state index < -0.39 is 48.0 Å². The van der Waals surface area contributed by atoms with E-state index in [0.717, 1.165) is 22.6 Å². The van der Waals surface area contributed by atoms with Crippen LogP contribution in [0, 0.1) is 0 Å². The van der Waals surface area contributed by atoms with Crippen LogP contribution in [0.15, 0.2) is 42.6 Å². The number of aromatic nitrogens is 2. The molecule has 2 aromatic carbocycles. The molecular formula is C46H52F2N10O9. The van der Waals surface area contributed by atoms with Gasteiger partial charge >= 0.3 is 5.92 Å². The Morgan fingerprint density at radius 2 is 1.66 bits per heavy atom. The van der Waals surface area contributed by atoms with E-state index in [9.17, 15) is 33.6 Å². The molecule has 1 atom stereocenters. The SMILES string of the molecule is COc1cc(C(=O)NC2CCN(C(=O)COC3CCN(c4cccc5c4C(=O)N(C4CCC(=O)NC4=O)C5=O)CC3)CC2)ccc1Nc1ncc2c(n1)N(C1CCCC1)CC(F)(F)C(=O)N2C. The molecule has 1 aromatic heterocycles. The molecule has 3 saturated heterocycles. The van der Waals surface area contributed by atoms with Crippen LogP contribution in [0.2, 0.25) is 0 Å². The number of amides is 7. The van der Waals surface area contributed by atoms with E-state index in [1.54, 1.807) is 41.3 Å². The molecule has 0 spiro atoms. The van der Waals surface area contributed by atoms with Crippen molar-refractivity contribution in [2.24, 2.45) is 0 Å². The van der Waals surface area contributed by atoms with Gasteiger partial charge in [0.1, 0.15) is 24.1 Å². The summed E-state index contributed by atoms with van der Waals surface area (Å²) in [6.07, 6.45) is 6.72. The molecular weight excluding hydrogens is 875 g/mol. The first-order valence-corrected chi connectivity index (χ1v) is 22.7. The third-order valence-electron chi connectivity index (χ3n) is 13.7. The molecule has 0 radical (unpaired) electrons.